The molecule has 5 nitrogen and oxygen atoms in total. The van der Waals surface area contributed by atoms with Crippen molar-refractivity contribution >= 4 is 11.6 Å². The van der Waals surface area contributed by atoms with Gasteiger partial charge in [-0.1, -0.05) is 12.2 Å². The van der Waals surface area contributed by atoms with Crippen molar-refractivity contribution in [2.75, 3.05) is 25.0 Å². The van der Waals surface area contributed by atoms with Crippen LogP contribution >= 0.6 is 0 Å². The zero-order valence-electron chi connectivity index (χ0n) is 17.6. The number of carbonyl (C=O) groups excluding carboxylic acids is 1. The average Bonchev–Trinajstić information content (AvgIpc) is 3.08. The minimum absolute atomic E-state index is 0.119. The molecular weight excluding hydrogens is 360 g/mol. The molecule has 1 amide bonds. The lowest BCUT2D eigenvalue weighted by Crippen LogP contribution is -2.40. The van der Waals surface area contributed by atoms with E-state index in [0.29, 0.717) is 0 Å². The maximum atomic E-state index is 12.7. The van der Waals surface area contributed by atoms with Crippen molar-refractivity contribution in [3.05, 3.63) is 53.9 Å². The largest absolute Gasteiger partial charge is 0.326 e. The third kappa shape index (κ3) is 4.96. The lowest BCUT2D eigenvalue weighted by atomic mass is 9.91. The van der Waals surface area contributed by atoms with Gasteiger partial charge in [-0.05, 0) is 95.3 Å². The first-order valence-corrected chi connectivity index (χ1v) is 10.9. The van der Waals surface area contributed by atoms with Gasteiger partial charge in [0.2, 0.25) is 5.91 Å². The highest BCUT2D eigenvalue weighted by molar-refractivity contribution is 5.92. The van der Waals surface area contributed by atoms with Crippen molar-refractivity contribution in [2.24, 2.45) is 11.8 Å². The van der Waals surface area contributed by atoms with Crippen LogP contribution in [0.2, 0.25) is 0 Å². The first-order valence-electron chi connectivity index (χ1n) is 10.9. The summed E-state index contributed by atoms with van der Waals surface area (Å²) < 4.78 is 1.93. The van der Waals surface area contributed by atoms with Gasteiger partial charge in [0, 0.05) is 23.8 Å². The van der Waals surface area contributed by atoms with E-state index in [2.05, 4.69) is 33.5 Å². The Bertz CT molecular complexity index is 860. The van der Waals surface area contributed by atoms with Gasteiger partial charge in [-0.2, -0.15) is 5.10 Å². The fraction of sp³-hybridized carbons (Fsp3) is 0.500. The maximum Gasteiger partial charge on any atom is 0.227 e. The van der Waals surface area contributed by atoms with E-state index in [0.717, 1.165) is 54.6 Å². The molecule has 1 aliphatic carbocycles. The van der Waals surface area contributed by atoms with Gasteiger partial charge in [0.15, 0.2) is 0 Å². The second-order valence-electron chi connectivity index (χ2n) is 8.60. The molecule has 2 aromatic rings. The molecule has 2 heterocycles. The van der Waals surface area contributed by atoms with E-state index in [-0.39, 0.29) is 11.8 Å². The minimum atomic E-state index is 0.119. The molecule has 1 fully saturated rings. The molecule has 1 aromatic carbocycles. The SMILES string of the molecule is Cc1cc(C)n(-c2ccc(NC(=O)C3CCN(C[C@H]4CC=CCC4)CC3)cc2)n1. The molecule has 1 aromatic heterocycles. The topological polar surface area (TPSA) is 50.2 Å². The molecule has 1 saturated heterocycles. The summed E-state index contributed by atoms with van der Waals surface area (Å²) in [5.41, 5.74) is 3.98. The summed E-state index contributed by atoms with van der Waals surface area (Å²) >= 11 is 0. The van der Waals surface area contributed by atoms with Gasteiger partial charge in [-0.3, -0.25) is 4.79 Å². The lowest BCUT2D eigenvalue weighted by Gasteiger charge is -2.34. The zero-order valence-corrected chi connectivity index (χ0v) is 17.6. The van der Waals surface area contributed by atoms with Crippen LogP contribution in [0.3, 0.4) is 0 Å². The Balaban J connectivity index is 1.27. The number of aryl methyl sites for hydroxylation is 2. The van der Waals surface area contributed by atoms with Crippen LogP contribution in [0.25, 0.3) is 5.69 Å². The monoisotopic (exact) mass is 392 g/mol. The Morgan fingerprint density at radius 2 is 1.86 bits per heavy atom. The van der Waals surface area contributed by atoms with Gasteiger partial charge in [0.05, 0.1) is 11.4 Å². The van der Waals surface area contributed by atoms with Crippen LogP contribution in [0.1, 0.15) is 43.5 Å². The number of carbonyl (C=O) groups is 1. The smallest absolute Gasteiger partial charge is 0.227 e. The molecule has 5 heteroatoms. The van der Waals surface area contributed by atoms with E-state index in [1.165, 1.54) is 25.8 Å². The van der Waals surface area contributed by atoms with Crippen molar-refractivity contribution in [1.29, 1.82) is 0 Å². The van der Waals surface area contributed by atoms with Crippen molar-refractivity contribution in [2.45, 2.75) is 46.0 Å². The molecule has 1 atom stereocenters. The summed E-state index contributed by atoms with van der Waals surface area (Å²) in [4.78, 5) is 15.3. The van der Waals surface area contributed by atoms with Crippen LogP contribution in [-0.2, 0) is 4.79 Å². The molecule has 0 spiro atoms. The number of rotatable bonds is 5. The Morgan fingerprint density at radius 1 is 1.10 bits per heavy atom. The second kappa shape index (κ2) is 8.95. The summed E-state index contributed by atoms with van der Waals surface area (Å²) in [6.07, 6.45) is 10.3. The second-order valence-corrected chi connectivity index (χ2v) is 8.60. The van der Waals surface area contributed by atoms with Crippen LogP contribution in [-0.4, -0.2) is 40.2 Å². The van der Waals surface area contributed by atoms with Crippen LogP contribution in [0.5, 0.6) is 0 Å². The number of allylic oxidation sites excluding steroid dienone is 2. The first-order chi connectivity index (χ1) is 14.1. The number of amides is 1. The molecule has 0 radical (unpaired) electrons. The van der Waals surface area contributed by atoms with E-state index in [9.17, 15) is 4.79 Å². The summed E-state index contributed by atoms with van der Waals surface area (Å²) in [6.45, 7) is 7.30. The quantitative estimate of drug-likeness (QED) is 0.763. The number of nitrogens with one attached hydrogen (secondary N) is 1. The standard InChI is InChI=1S/C24H32N4O/c1-18-16-19(2)28(26-18)23-10-8-22(9-11-23)25-24(29)21-12-14-27(15-13-21)17-20-6-4-3-5-7-20/h3-4,8-11,16,20-21H,5-7,12-15,17H2,1-2H3,(H,25,29)/t20-/m0/s1. The number of benzene rings is 1. The molecule has 1 N–H and O–H groups in total. The average molecular weight is 393 g/mol. The fourth-order valence-corrected chi connectivity index (χ4v) is 4.59. The predicted molar refractivity (Wildman–Crippen MR) is 117 cm³/mol. The summed E-state index contributed by atoms with van der Waals surface area (Å²) in [6, 6.07) is 10.0. The van der Waals surface area contributed by atoms with E-state index in [1.54, 1.807) is 0 Å². The lowest BCUT2D eigenvalue weighted by molar-refractivity contribution is -0.121. The molecule has 2 aliphatic rings. The van der Waals surface area contributed by atoms with Crippen LogP contribution in [0.15, 0.2) is 42.5 Å². The third-order valence-electron chi connectivity index (χ3n) is 6.24. The van der Waals surface area contributed by atoms with Gasteiger partial charge >= 0.3 is 0 Å². The Morgan fingerprint density at radius 3 is 2.48 bits per heavy atom. The normalized spacial score (nSPS) is 20.7. The van der Waals surface area contributed by atoms with Crippen molar-refractivity contribution in [1.82, 2.24) is 14.7 Å². The van der Waals surface area contributed by atoms with Gasteiger partial charge in [0.1, 0.15) is 0 Å². The molecule has 0 bridgehead atoms. The molecule has 29 heavy (non-hydrogen) atoms. The molecule has 1 aliphatic heterocycles. The predicted octanol–water partition coefficient (Wildman–Crippen LogP) is 4.50. The highest BCUT2D eigenvalue weighted by Crippen LogP contribution is 2.24. The number of piperidine rings is 1. The van der Waals surface area contributed by atoms with Crippen LogP contribution in [0.4, 0.5) is 5.69 Å². The van der Waals surface area contributed by atoms with Crippen LogP contribution in [0, 0.1) is 25.7 Å². The number of hydrogen-bond acceptors (Lipinski definition) is 3. The molecular formula is C24H32N4O. The Labute approximate surface area is 173 Å². The minimum Gasteiger partial charge on any atom is -0.326 e. The Hall–Kier alpha value is -2.40. The summed E-state index contributed by atoms with van der Waals surface area (Å²) in [5, 5.41) is 7.62. The Kier molecular flexibility index (Phi) is 6.14. The highest BCUT2D eigenvalue weighted by Gasteiger charge is 2.26. The fourth-order valence-electron chi connectivity index (χ4n) is 4.59. The van der Waals surface area contributed by atoms with E-state index >= 15 is 0 Å². The summed E-state index contributed by atoms with van der Waals surface area (Å²) in [7, 11) is 0. The van der Waals surface area contributed by atoms with Gasteiger partial charge in [-0.25, -0.2) is 4.68 Å². The van der Waals surface area contributed by atoms with E-state index < -0.39 is 0 Å². The number of anilines is 1. The van der Waals surface area contributed by atoms with Gasteiger partial charge < -0.3 is 10.2 Å². The van der Waals surface area contributed by atoms with E-state index in [4.69, 9.17) is 0 Å². The summed E-state index contributed by atoms with van der Waals surface area (Å²) in [5.74, 6) is 1.07. The van der Waals surface area contributed by atoms with Gasteiger partial charge in [-0.15, -0.1) is 0 Å². The van der Waals surface area contributed by atoms with Crippen molar-refractivity contribution < 1.29 is 4.79 Å². The molecule has 4 rings (SSSR count). The van der Waals surface area contributed by atoms with Crippen LogP contribution < -0.4 is 5.32 Å². The number of nitrogens with zero attached hydrogens (tertiary/aromatic N) is 3. The maximum absolute atomic E-state index is 12.7. The first kappa shape index (κ1) is 19.9. The molecule has 154 valence electrons. The van der Waals surface area contributed by atoms with Gasteiger partial charge in [0.25, 0.3) is 0 Å². The third-order valence-corrected chi connectivity index (χ3v) is 6.24. The molecule has 0 unspecified atom stereocenters. The zero-order chi connectivity index (χ0) is 20.2. The number of aromatic nitrogens is 2. The van der Waals surface area contributed by atoms with E-state index in [1.807, 2.05) is 42.8 Å². The highest BCUT2D eigenvalue weighted by atomic mass is 16.1. The van der Waals surface area contributed by atoms with Crippen molar-refractivity contribution in [3.63, 3.8) is 0 Å². The number of hydrogen-bond donors (Lipinski definition) is 1. The molecule has 0 saturated carbocycles. The number of likely N-dealkylation sites (tertiary alicyclic amines) is 1. The van der Waals surface area contributed by atoms with Crippen molar-refractivity contribution in [3.8, 4) is 5.69 Å².